The molecule has 0 amide bonds. The Bertz CT molecular complexity index is 1560. The first-order valence-corrected chi connectivity index (χ1v) is 14.5. The summed E-state index contributed by atoms with van der Waals surface area (Å²) in [7, 11) is -1.96. The van der Waals surface area contributed by atoms with Crippen LogP contribution in [0.3, 0.4) is 0 Å². The molecule has 4 aromatic rings. The van der Waals surface area contributed by atoms with Gasteiger partial charge in [0.2, 0.25) is 16.0 Å². The summed E-state index contributed by atoms with van der Waals surface area (Å²) in [5, 5.41) is 7.35. The van der Waals surface area contributed by atoms with Crippen LogP contribution in [0.15, 0.2) is 48.9 Å². The standard InChI is InChI=1S/C26H31N7O6S/c1-33(40(2,34)35)21-17-27-7-5-18(21)16-29-25-20-6-8-28-24(20)31-26(32-25)30-19-3-4-22-23(15-19)39-14-12-37-10-9-36-11-13-38-22/h3-8,15,17H,9-14,16H2,1-2H3,(H3,28,29,30,31,32). The Hall–Kier alpha value is -4.14. The molecule has 1 aliphatic rings. The summed E-state index contributed by atoms with van der Waals surface area (Å²) in [5.74, 6) is 2.09. The van der Waals surface area contributed by atoms with Crippen LogP contribution in [-0.2, 0) is 26.0 Å². The maximum atomic E-state index is 12.1. The van der Waals surface area contributed by atoms with Crippen LogP contribution in [0.1, 0.15) is 5.56 Å². The Labute approximate surface area is 231 Å². The molecule has 0 spiro atoms. The van der Waals surface area contributed by atoms with Gasteiger partial charge in [-0.2, -0.15) is 9.97 Å². The van der Waals surface area contributed by atoms with Crippen LogP contribution in [0.25, 0.3) is 11.0 Å². The van der Waals surface area contributed by atoms with Crippen molar-refractivity contribution >= 4 is 44.2 Å². The Kier molecular flexibility index (Phi) is 8.48. The molecular formula is C26H31N7O6S. The zero-order valence-corrected chi connectivity index (χ0v) is 23.0. The molecule has 212 valence electrons. The van der Waals surface area contributed by atoms with Gasteiger partial charge in [-0.1, -0.05) is 0 Å². The number of pyridine rings is 1. The van der Waals surface area contributed by atoms with Crippen molar-refractivity contribution < 1.29 is 27.4 Å². The number of aromatic nitrogens is 4. The highest BCUT2D eigenvalue weighted by atomic mass is 32.2. The highest BCUT2D eigenvalue weighted by Crippen LogP contribution is 2.32. The fourth-order valence-electron chi connectivity index (χ4n) is 4.03. The van der Waals surface area contributed by atoms with Gasteiger partial charge < -0.3 is 34.6 Å². The quantitative estimate of drug-likeness (QED) is 0.301. The van der Waals surface area contributed by atoms with E-state index in [9.17, 15) is 8.42 Å². The summed E-state index contributed by atoms with van der Waals surface area (Å²) in [6, 6.07) is 9.13. The van der Waals surface area contributed by atoms with Gasteiger partial charge in [-0.05, 0) is 29.8 Å². The van der Waals surface area contributed by atoms with Gasteiger partial charge in [0.15, 0.2) is 11.5 Å². The largest absolute Gasteiger partial charge is 0.487 e. The summed E-state index contributed by atoms with van der Waals surface area (Å²) >= 11 is 0. The van der Waals surface area contributed by atoms with Gasteiger partial charge in [-0.15, -0.1) is 0 Å². The molecule has 0 unspecified atom stereocenters. The highest BCUT2D eigenvalue weighted by Gasteiger charge is 2.17. The van der Waals surface area contributed by atoms with Crippen molar-refractivity contribution in [1.29, 1.82) is 0 Å². The van der Waals surface area contributed by atoms with E-state index in [1.165, 1.54) is 17.5 Å². The van der Waals surface area contributed by atoms with Crippen LogP contribution < -0.4 is 24.4 Å². The fraction of sp³-hybridized carbons (Fsp3) is 0.346. The lowest BCUT2D eigenvalue weighted by Crippen LogP contribution is -2.26. The molecule has 0 saturated carbocycles. The number of benzene rings is 1. The molecular weight excluding hydrogens is 538 g/mol. The van der Waals surface area contributed by atoms with E-state index in [4.69, 9.17) is 23.9 Å². The molecule has 0 fully saturated rings. The van der Waals surface area contributed by atoms with Gasteiger partial charge in [-0.3, -0.25) is 9.29 Å². The lowest BCUT2D eigenvalue weighted by atomic mass is 10.2. The fourth-order valence-corrected chi connectivity index (χ4v) is 4.55. The monoisotopic (exact) mass is 569 g/mol. The Morgan fingerprint density at radius 3 is 2.50 bits per heavy atom. The minimum absolute atomic E-state index is 0.310. The number of rotatable bonds is 7. The van der Waals surface area contributed by atoms with Crippen molar-refractivity contribution in [3.05, 3.63) is 54.5 Å². The third-order valence-electron chi connectivity index (χ3n) is 6.13. The Balaban J connectivity index is 1.37. The van der Waals surface area contributed by atoms with Crippen molar-refractivity contribution in [2.45, 2.75) is 6.54 Å². The first-order valence-electron chi connectivity index (χ1n) is 12.7. The van der Waals surface area contributed by atoms with E-state index in [2.05, 4.69) is 25.6 Å². The smallest absolute Gasteiger partial charge is 0.232 e. The van der Waals surface area contributed by atoms with Gasteiger partial charge >= 0.3 is 0 Å². The van der Waals surface area contributed by atoms with Crippen molar-refractivity contribution in [1.82, 2.24) is 19.9 Å². The van der Waals surface area contributed by atoms with Crippen LogP contribution >= 0.6 is 0 Å². The van der Waals surface area contributed by atoms with Crippen LogP contribution in [0.5, 0.6) is 11.5 Å². The molecule has 0 radical (unpaired) electrons. The topological polar surface area (TPSA) is 153 Å². The van der Waals surface area contributed by atoms with E-state index in [-0.39, 0.29) is 0 Å². The van der Waals surface area contributed by atoms with Gasteiger partial charge in [-0.25, -0.2) is 8.42 Å². The molecule has 3 N–H and O–H groups in total. The first kappa shape index (κ1) is 27.4. The molecule has 14 heteroatoms. The van der Waals surface area contributed by atoms with Gasteiger partial charge in [0, 0.05) is 37.7 Å². The maximum absolute atomic E-state index is 12.1. The second-order valence-electron chi connectivity index (χ2n) is 8.93. The SMILES string of the molecule is CN(c1cnccc1CNc1nc(Nc2ccc3c(c2)OCCOCCOCCO3)nc2[nH]ccc12)S(C)(=O)=O. The molecule has 40 heavy (non-hydrogen) atoms. The average Bonchev–Trinajstić information content (AvgIpc) is 3.41. The third kappa shape index (κ3) is 6.70. The van der Waals surface area contributed by atoms with E-state index < -0.39 is 10.0 Å². The molecule has 0 atom stereocenters. The van der Waals surface area contributed by atoms with E-state index in [1.54, 1.807) is 18.5 Å². The number of anilines is 4. The second kappa shape index (κ2) is 12.4. The van der Waals surface area contributed by atoms with E-state index >= 15 is 0 Å². The average molecular weight is 570 g/mol. The van der Waals surface area contributed by atoms with E-state index in [0.717, 1.165) is 17.2 Å². The second-order valence-corrected chi connectivity index (χ2v) is 10.9. The third-order valence-corrected chi connectivity index (χ3v) is 7.32. The van der Waals surface area contributed by atoms with Crippen molar-refractivity contribution in [2.24, 2.45) is 0 Å². The lowest BCUT2D eigenvalue weighted by molar-refractivity contribution is 0.0223. The molecule has 13 nitrogen and oxygen atoms in total. The number of hydrogen-bond donors (Lipinski definition) is 3. The number of aromatic amines is 1. The normalized spacial score (nSPS) is 14.7. The number of ether oxygens (including phenoxy) is 4. The zero-order valence-electron chi connectivity index (χ0n) is 22.2. The predicted molar refractivity (Wildman–Crippen MR) is 151 cm³/mol. The van der Waals surface area contributed by atoms with E-state index in [1.807, 2.05) is 24.3 Å². The summed E-state index contributed by atoms with van der Waals surface area (Å²) in [6.45, 7) is 2.97. The van der Waals surface area contributed by atoms with Crippen LogP contribution in [0, 0.1) is 0 Å². The van der Waals surface area contributed by atoms with Crippen molar-refractivity contribution in [2.75, 3.05) is 67.9 Å². The molecule has 1 aliphatic heterocycles. The minimum atomic E-state index is -3.45. The molecule has 0 bridgehead atoms. The number of H-pyrrole nitrogens is 1. The summed E-state index contributed by atoms with van der Waals surface area (Å²) in [4.78, 5) is 16.5. The summed E-state index contributed by atoms with van der Waals surface area (Å²) < 4.78 is 48.2. The van der Waals surface area contributed by atoms with Gasteiger partial charge in [0.25, 0.3) is 0 Å². The number of hydrogen-bond acceptors (Lipinski definition) is 11. The Morgan fingerprint density at radius 2 is 1.73 bits per heavy atom. The van der Waals surface area contributed by atoms with Gasteiger partial charge in [0.05, 0.1) is 50.0 Å². The zero-order chi connectivity index (χ0) is 28.0. The molecule has 0 saturated heterocycles. The van der Waals surface area contributed by atoms with Crippen LogP contribution in [0.4, 0.5) is 23.1 Å². The van der Waals surface area contributed by atoms with Crippen LogP contribution in [0.2, 0.25) is 0 Å². The highest BCUT2D eigenvalue weighted by molar-refractivity contribution is 7.92. The molecule has 5 rings (SSSR count). The molecule has 1 aromatic carbocycles. The van der Waals surface area contributed by atoms with Crippen molar-refractivity contribution in [3.8, 4) is 11.5 Å². The summed E-state index contributed by atoms with van der Waals surface area (Å²) in [6.07, 6.45) is 6.07. The maximum Gasteiger partial charge on any atom is 0.232 e. The number of nitrogens with one attached hydrogen (secondary N) is 3. The molecule has 3 aromatic heterocycles. The van der Waals surface area contributed by atoms with Crippen molar-refractivity contribution in [3.63, 3.8) is 0 Å². The minimum Gasteiger partial charge on any atom is -0.487 e. The number of nitrogens with zero attached hydrogens (tertiary/aromatic N) is 4. The van der Waals surface area contributed by atoms with Crippen LogP contribution in [-0.4, -0.2) is 81.3 Å². The van der Waals surface area contributed by atoms with Gasteiger partial charge in [0.1, 0.15) is 24.7 Å². The van der Waals surface area contributed by atoms with E-state index in [0.29, 0.717) is 86.5 Å². The number of sulfonamides is 1. The molecule has 0 aliphatic carbocycles. The first-order chi connectivity index (χ1) is 19.4. The lowest BCUT2D eigenvalue weighted by Gasteiger charge is -2.20. The number of fused-ring (bicyclic) bond motifs is 2. The Morgan fingerprint density at radius 1 is 0.975 bits per heavy atom. The summed E-state index contributed by atoms with van der Waals surface area (Å²) in [5.41, 5.74) is 2.56. The molecule has 4 heterocycles. The predicted octanol–water partition coefficient (Wildman–Crippen LogP) is 2.91.